The van der Waals surface area contributed by atoms with Crippen molar-refractivity contribution in [1.82, 2.24) is 0 Å². The highest BCUT2D eigenvalue weighted by molar-refractivity contribution is 14.1. The number of halogens is 1. The Labute approximate surface area is 104 Å². The minimum Gasteiger partial charge on any atom is -0.276 e. The Hall–Kier alpha value is -0.400. The standard InChI is InChI=1S/C10H12INO2S/c1-9(11)8-14-15(13,12-2)10-6-4-3-5-7-10/h3-7H,1,8H2,2H3. The van der Waals surface area contributed by atoms with E-state index in [1.54, 1.807) is 12.1 Å². The minimum absolute atomic E-state index is 0.242. The molecule has 0 aliphatic heterocycles. The van der Waals surface area contributed by atoms with Gasteiger partial charge in [-0.15, -0.1) is 0 Å². The third kappa shape index (κ3) is 3.58. The van der Waals surface area contributed by atoms with E-state index in [9.17, 15) is 4.21 Å². The van der Waals surface area contributed by atoms with Crippen molar-refractivity contribution in [2.75, 3.05) is 13.7 Å². The molecule has 15 heavy (non-hydrogen) atoms. The van der Waals surface area contributed by atoms with Gasteiger partial charge in [0.15, 0.2) is 10.0 Å². The first-order chi connectivity index (χ1) is 7.08. The Morgan fingerprint density at radius 2 is 2.13 bits per heavy atom. The Morgan fingerprint density at radius 1 is 1.53 bits per heavy atom. The summed E-state index contributed by atoms with van der Waals surface area (Å²) in [5, 5.41) is 0. The van der Waals surface area contributed by atoms with Gasteiger partial charge < -0.3 is 0 Å². The molecule has 1 rings (SSSR count). The van der Waals surface area contributed by atoms with Crippen molar-refractivity contribution in [3.63, 3.8) is 0 Å². The molecule has 0 N–H and O–H groups in total. The maximum Gasteiger partial charge on any atom is 0.193 e. The fourth-order valence-electron chi connectivity index (χ4n) is 0.962. The van der Waals surface area contributed by atoms with Crippen molar-refractivity contribution in [3.8, 4) is 0 Å². The maximum atomic E-state index is 12.2. The van der Waals surface area contributed by atoms with Crippen molar-refractivity contribution < 1.29 is 8.39 Å². The van der Waals surface area contributed by atoms with Crippen LogP contribution in [0.4, 0.5) is 0 Å². The van der Waals surface area contributed by atoms with Gasteiger partial charge in [0.2, 0.25) is 0 Å². The van der Waals surface area contributed by atoms with Crippen LogP contribution in [0.5, 0.6) is 0 Å². The van der Waals surface area contributed by atoms with Gasteiger partial charge in [0.1, 0.15) is 0 Å². The fourth-order valence-corrected chi connectivity index (χ4v) is 2.58. The molecule has 1 aromatic rings. The molecule has 0 saturated carbocycles. The van der Waals surface area contributed by atoms with Crippen LogP contribution in [-0.4, -0.2) is 17.9 Å². The van der Waals surface area contributed by atoms with E-state index in [4.69, 9.17) is 4.18 Å². The summed E-state index contributed by atoms with van der Waals surface area (Å²) in [5.74, 6) is 0. The molecule has 5 heteroatoms. The molecule has 0 heterocycles. The van der Waals surface area contributed by atoms with Crippen LogP contribution in [0.3, 0.4) is 0 Å². The number of rotatable bonds is 4. The summed E-state index contributed by atoms with van der Waals surface area (Å²) in [4.78, 5) is 0.588. The Kier molecular flexibility index (Phi) is 4.75. The number of hydrogen-bond acceptors (Lipinski definition) is 3. The van der Waals surface area contributed by atoms with Crippen molar-refractivity contribution in [2.24, 2.45) is 4.36 Å². The summed E-state index contributed by atoms with van der Waals surface area (Å²) >= 11 is 2.03. The van der Waals surface area contributed by atoms with Crippen LogP contribution in [0.2, 0.25) is 0 Å². The second kappa shape index (κ2) is 5.62. The summed E-state index contributed by atoms with van der Waals surface area (Å²) in [6, 6.07) is 8.96. The summed E-state index contributed by atoms with van der Waals surface area (Å²) < 4.78 is 22.1. The van der Waals surface area contributed by atoms with Crippen LogP contribution in [0, 0.1) is 0 Å². The van der Waals surface area contributed by atoms with E-state index in [0.717, 1.165) is 3.58 Å². The maximum absolute atomic E-state index is 12.2. The predicted molar refractivity (Wildman–Crippen MR) is 70.3 cm³/mol. The van der Waals surface area contributed by atoms with E-state index in [0.29, 0.717) is 4.90 Å². The van der Waals surface area contributed by atoms with Crippen LogP contribution in [-0.2, 0) is 14.2 Å². The molecule has 1 atom stereocenters. The molecule has 0 aromatic heterocycles. The van der Waals surface area contributed by atoms with Crippen molar-refractivity contribution >= 4 is 32.6 Å². The normalized spacial score (nSPS) is 14.3. The topological polar surface area (TPSA) is 38.7 Å². The van der Waals surface area contributed by atoms with E-state index >= 15 is 0 Å². The van der Waals surface area contributed by atoms with Crippen molar-refractivity contribution in [3.05, 3.63) is 40.5 Å². The van der Waals surface area contributed by atoms with Gasteiger partial charge in [-0.05, 0) is 34.7 Å². The molecule has 0 aliphatic carbocycles. The third-order valence-electron chi connectivity index (χ3n) is 1.66. The van der Waals surface area contributed by atoms with Gasteiger partial charge >= 0.3 is 0 Å². The quantitative estimate of drug-likeness (QED) is 0.793. The predicted octanol–water partition coefficient (Wildman–Crippen LogP) is 3.02. The highest BCUT2D eigenvalue weighted by Crippen LogP contribution is 2.16. The van der Waals surface area contributed by atoms with Gasteiger partial charge in [0.25, 0.3) is 0 Å². The molecule has 82 valence electrons. The molecular weight excluding hydrogens is 325 g/mol. The molecule has 0 spiro atoms. The van der Waals surface area contributed by atoms with E-state index in [1.807, 2.05) is 40.8 Å². The summed E-state index contributed by atoms with van der Waals surface area (Å²) in [7, 11) is -1.25. The number of hydrogen-bond donors (Lipinski definition) is 0. The van der Waals surface area contributed by atoms with E-state index in [2.05, 4.69) is 10.9 Å². The zero-order chi connectivity index (χ0) is 11.3. The molecule has 0 fully saturated rings. The van der Waals surface area contributed by atoms with Crippen molar-refractivity contribution in [1.29, 1.82) is 0 Å². The van der Waals surface area contributed by atoms with Gasteiger partial charge in [-0.2, -0.15) is 0 Å². The smallest absolute Gasteiger partial charge is 0.193 e. The fraction of sp³-hybridized carbons (Fsp3) is 0.200. The Morgan fingerprint density at radius 3 is 2.60 bits per heavy atom. The summed E-state index contributed by atoms with van der Waals surface area (Å²) in [5.41, 5.74) is 0. The Balaban J connectivity index is 2.98. The van der Waals surface area contributed by atoms with E-state index in [-0.39, 0.29) is 6.61 Å². The third-order valence-corrected chi connectivity index (χ3v) is 3.75. The molecule has 0 radical (unpaired) electrons. The SMILES string of the molecule is C=C(I)COS(=O)(=NC)c1ccccc1. The lowest BCUT2D eigenvalue weighted by molar-refractivity contribution is 0.385. The highest BCUT2D eigenvalue weighted by atomic mass is 127. The minimum atomic E-state index is -2.74. The van der Waals surface area contributed by atoms with Gasteiger partial charge in [0.05, 0.1) is 11.5 Å². The van der Waals surface area contributed by atoms with E-state index in [1.165, 1.54) is 7.05 Å². The molecule has 3 nitrogen and oxygen atoms in total. The second-order valence-corrected chi connectivity index (χ2v) is 6.30. The van der Waals surface area contributed by atoms with Crippen LogP contribution in [0.1, 0.15) is 0 Å². The molecule has 0 amide bonds. The molecule has 0 bridgehead atoms. The van der Waals surface area contributed by atoms with Gasteiger partial charge in [-0.3, -0.25) is 4.18 Å². The zero-order valence-corrected chi connectivity index (χ0v) is 11.3. The molecule has 0 saturated heterocycles. The average molecular weight is 337 g/mol. The molecular formula is C10H12INO2S. The van der Waals surface area contributed by atoms with Crippen LogP contribution >= 0.6 is 22.6 Å². The highest BCUT2D eigenvalue weighted by Gasteiger charge is 2.11. The number of benzene rings is 1. The summed E-state index contributed by atoms with van der Waals surface area (Å²) in [6.45, 7) is 3.92. The molecule has 0 aliphatic rings. The first-order valence-corrected chi connectivity index (χ1v) is 6.78. The number of nitrogens with zero attached hydrogens (tertiary/aromatic N) is 1. The monoisotopic (exact) mass is 337 g/mol. The van der Waals surface area contributed by atoms with Gasteiger partial charge in [0, 0.05) is 10.6 Å². The van der Waals surface area contributed by atoms with E-state index < -0.39 is 10.0 Å². The first-order valence-electron chi connectivity index (χ1n) is 4.26. The molecule has 1 aromatic carbocycles. The van der Waals surface area contributed by atoms with Gasteiger partial charge in [-0.1, -0.05) is 24.8 Å². The van der Waals surface area contributed by atoms with Crippen LogP contribution < -0.4 is 0 Å². The first kappa shape index (κ1) is 12.7. The second-order valence-electron chi connectivity index (χ2n) is 2.75. The van der Waals surface area contributed by atoms with Crippen molar-refractivity contribution in [2.45, 2.75) is 4.90 Å². The lowest BCUT2D eigenvalue weighted by Crippen LogP contribution is -2.07. The largest absolute Gasteiger partial charge is 0.276 e. The summed E-state index contributed by atoms with van der Waals surface area (Å²) in [6.07, 6.45) is 0. The van der Waals surface area contributed by atoms with Crippen LogP contribution in [0.25, 0.3) is 0 Å². The zero-order valence-electron chi connectivity index (χ0n) is 8.35. The Bertz CT molecular complexity index is 450. The van der Waals surface area contributed by atoms with Gasteiger partial charge in [-0.25, -0.2) is 8.57 Å². The average Bonchev–Trinajstić information content (AvgIpc) is 2.27. The van der Waals surface area contributed by atoms with Crippen LogP contribution in [0.15, 0.2) is 49.7 Å². The lowest BCUT2D eigenvalue weighted by Gasteiger charge is -2.09. The lowest BCUT2D eigenvalue weighted by atomic mass is 10.4. The molecule has 1 unspecified atom stereocenters.